The molecule has 0 spiro atoms. The largest absolute Gasteiger partial charge is 0.487 e. The molecule has 2 amide bonds. The Bertz CT molecular complexity index is 986. The minimum Gasteiger partial charge on any atom is -0.487 e. The fraction of sp³-hybridized carbons (Fsp3) is 0.143. The molecular formula is C21H15I2NO3S. The van der Waals surface area contributed by atoms with Gasteiger partial charge >= 0.3 is 0 Å². The molecule has 2 aromatic carbocycles. The van der Waals surface area contributed by atoms with Crippen LogP contribution in [0.25, 0.3) is 6.08 Å². The van der Waals surface area contributed by atoms with Crippen molar-refractivity contribution < 1.29 is 14.3 Å². The zero-order valence-corrected chi connectivity index (χ0v) is 20.0. The number of nitrogens with zero attached hydrogens (tertiary/aromatic N) is 1. The molecule has 0 saturated carbocycles. The molecule has 142 valence electrons. The molecule has 3 rings (SSSR count). The number of rotatable bonds is 5. The molecule has 1 saturated heterocycles. The third kappa shape index (κ3) is 4.90. The van der Waals surface area contributed by atoms with Gasteiger partial charge in [-0.15, -0.1) is 6.42 Å². The van der Waals surface area contributed by atoms with Crippen LogP contribution < -0.4 is 4.74 Å². The van der Waals surface area contributed by atoms with E-state index in [0.717, 1.165) is 40.7 Å². The number of ether oxygens (including phenoxy) is 1. The smallest absolute Gasteiger partial charge is 0.294 e. The fourth-order valence-electron chi connectivity index (χ4n) is 2.52. The lowest BCUT2D eigenvalue weighted by molar-refractivity contribution is -0.122. The van der Waals surface area contributed by atoms with Crippen molar-refractivity contribution in [3.63, 3.8) is 0 Å². The zero-order chi connectivity index (χ0) is 20.3. The van der Waals surface area contributed by atoms with Gasteiger partial charge in [0.25, 0.3) is 11.1 Å². The molecule has 4 nitrogen and oxygen atoms in total. The number of terminal acetylenes is 1. The molecule has 1 heterocycles. The first kappa shape index (κ1) is 21.2. The summed E-state index contributed by atoms with van der Waals surface area (Å²) in [5.41, 5.74) is 3.15. The number of hydrogen-bond acceptors (Lipinski definition) is 4. The van der Waals surface area contributed by atoms with E-state index in [9.17, 15) is 9.59 Å². The third-order valence-electron chi connectivity index (χ3n) is 3.95. The van der Waals surface area contributed by atoms with Crippen molar-refractivity contribution >= 4 is 74.2 Å². The van der Waals surface area contributed by atoms with E-state index in [4.69, 9.17) is 11.2 Å². The maximum absolute atomic E-state index is 12.3. The summed E-state index contributed by atoms with van der Waals surface area (Å²) in [5.74, 6) is 2.79. The number of hydrogen-bond donors (Lipinski definition) is 0. The van der Waals surface area contributed by atoms with E-state index >= 15 is 0 Å². The molecule has 7 heteroatoms. The predicted octanol–water partition coefficient (Wildman–Crippen LogP) is 5.45. The Morgan fingerprint density at radius 3 is 2.43 bits per heavy atom. The van der Waals surface area contributed by atoms with Crippen LogP contribution >= 0.6 is 56.9 Å². The Morgan fingerprint density at radius 2 is 1.82 bits per heavy atom. The quantitative estimate of drug-likeness (QED) is 0.255. The second kappa shape index (κ2) is 9.33. The summed E-state index contributed by atoms with van der Waals surface area (Å²) in [5, 5.41) is -0.336. The molecular weight excluding hydrogens is 600 g/mol. The van der Waals surface area contributed by atoms with Gasteiger partial charge in [0.05, 0.1) is 18.6 Å². The summed E-state index contributed by atoms with van der Waals surface area (Å²) in [7, 11) is 0. The lowest BCUT2D eigenvalue weighted by Gasteiger charge is -2.12. The SMILES string of the molecule is C#CCN1C(=O)S/C(=C/c2cc(I)c(OCc3ccc(C)cc3)c(I)c2)C1=O. The maximum atomic E-state index is 12.3. The second-order valence-electron chi connectivity index (χ2n) is 6.06. The zero-order valence-electron chi connectivity index (χ0n) is 14.9. The van der Waals surface area contributed by atoms with Gasteiger partial charge in [-0.2, -0.15) is 0 Å². The minimum absolute atomic E-state index is 0.0110. The number of imide groups is 1. The Labute approximate surface area is 195 Å². The number of thioether (sulfide) groups is 1. The van der Waals surface area contributed by atoms with E-state index in [0.29, 0.717) is 11.5 Å². The highest BCUT2D eigenvalue weighted by Gasteiger charge is 2.34. The second-order valence-corrected chi connectivity index (χ2v) is 9.38. The monoisotopic (exact) mass is 615 g/mol. The summed E-state index contributed by atoms with van der Waals surface area (Å²) in [4.78, 5) is 25.7. The first-order valence-electron chi connectivity index (χ1n) is 8.25. The van der Waals surface area contributed by atoms with E-state index in [-0.39, 0.29) is 17.7 Å². The Balaban J connectivity index is 1.78. The number of halogens is 2. The average Bonchev–Trinajstić information content (AvgIpc) is 2.90. The van der Waals surface area contributed by atoms with Crippen molar-refractivity contribution in [2.75, 3.05) is 6.54 Å². The van der Waals surface area contributed by atoms with Gasteiger partial charge in [-0.1, -0.05) is 35.7 Å². The van der Waals surface area contributed by atoms with Crippen LogP contribution in [0.3, 0.4) is 0 Å². The molecule has 0 unspecified atom stereocenters. The summed E-state index contributed by atoms with van der Waals surface area (Å²) in [6, 6.07) is 12.1. The van der Waals surface area contributed by atoms with Crippen molar-refractivity contribution in [2.45, 2.75) is 13.5 Å². The van der Waals surface area contributed by atoms with Crippen LogP contribution in [0.2, 0.25) is 0 Å². The van der Waals surface area contributed by atoms with Crippen molar-refractivity contribution in [2.24, 2.45) is 0 Å². The lowest BCUT2D eigenvalue weighted by Crippen LogP contribution is -2.28. The van der Waals surface area contributed by atoms with E-state index < -0.39 is 0 Å². The van der Waals surface area contributed by atoms with Crippen molar-refractivity contribution in [3.05, 3.63) is 65.1 Å². The van der Waals surface area contributed by atoms with Crippen LogP contribution in [0, 0.1) is 26.4 Å². The number of amides is 2. The number of carbonyl (C=O) groups is 2. The minimum atomic E-state index is -0.349. The van der Waals surface area contributed by atoms with Crippen LogP contribution in [0.5, 0.6) is 5.75 Å². The molecule has 0 aromatic heterocycles. The van der Waals surface area contributed by atoms with Gasteiger partial charge in [-0.25, -0.2) is 0 Å². The summed E-state index contributed by atoms with van der Waals surface area (Å²) >= 11 is 5.34. The van der Waals surface area contributed by atoms with Crippen LogP contribution in [0.1, 0.15) is 16.7 Å². The third-order valence-corrected chi connectivity index (χ3v) is 6.46. The van der Waals surface area contributed by atoms with Crippen molar-refractivity contribution in [1.29, 1.82) is 0 Å². The topological polar surface area (TPSA) is 46.6 Å². The molecule has 0 radical (unpaired) electrons. The number of aryl methyl sites for hydroxylation is 1. The molecule has 2 aromatic rings. The summed E-state index contributed by atoms with van der Waals surface area (Å²) in [6.07, 6.45) is 6.94. The summed E-state index contributed by atoms with van der Waals surface area (Å²) in [6.45, 7) is 2.52. The average molecular weight is 615 g/mol. The van der Waals surface area contributed by atoms with Gasteiger partial charge in [0.2, 0.25) is 0 Å². The van der Waals surface area contributed by atoms with Gasteiger partial charge in [0.15, 0.2) is 0 Å². The van der Waals surface area contributed by atoms with E-state index in [1.807, 2.05) is 12.1 Å². The molecule has 0 N–H and O–H groups in total. The number of benzene rings is 2. The van der Waals surface area contributed by atoms with E-state index in [1.165, 1.54) is 5.56 Å². The van der Waals surface area contributed by atoms with Gasteiger partial charge in [-0.05, 0) is 93.2 Å². The van der Waals surface area contributed by atoms with Crippen molar-refractivity contribution in [3.8, 4) is 18.1 Å². The first-order valence-corrected chi connectivity index (χ1v) is 11.2. The van der Waals surface area contributed by atoms with Crippen LogP contribution in [-0.2, 0) is 11.4 Å². The molecule has 0 aliphatic carbocycles. The highest BCUT2D eigenvalue weighted by atomic mass is 127. The number of carbonyl (C=O) groups excluding carboxylic acids is 2. The lowest BCUT2D eigenvalue weighted by atomic mass is 10.1. The van der Waals surface area contributed by atoms with Gasteiger partial charge in [0, 0.05) is 0 Å². The van der Waals surface area contributed by atoms with Crippen LogP contribution in [-0.4, -0.2) is 22.6 Å². The van der Waals surface area contributed by atoms with E-state index in [1.54, 1.807) is 6.08 Å². The predicted molar refractivity (Wildman–Crippen MR) is 129 cm³/mol. The molecule has 1 aliphatic rings. The molecule has 28 heavy (non-hydrogen) atoms. The van der Waals surface area contributed by atoms with E-state index in [2.05, 4.69) is 82.3 Å². The van der Waals surface area contributed by atoms with Crippen LogP contribution in [0.15, 0.2) is 41.3 Å². The van der Waals surface area contributed by atoms with Gasteiger partial charge in [-0.3, -0.25) is 14.5 Å². The molecule has 1 aliphatic heterocycles. The standard InChI is InChI=1S/C21H15I2NO3S/c1-3-8-24-20(25)18(28-21(24)26)11-15-9-16(22)19(17(23)10-15)27-12-14-6-4-13(2)5-7-14/h1,4-7,9-11H,8,12H2,2H3/b18-11+. The van der Waals surface area contributed by atoms with Crippen LogP contribution in [0.4, 0.5) is 4.79 Å². The Hall–Kier alpha value is -1.51. The highest BCUT2D eigenvalue weighted by Crippen LogP contribution is 2.34. The maximum Gasteiger partial charge on any atom is 0.294 e. The molecule has 1 fully saturated rings. The highest BCUT2D eigenvalue weighted by molar-refractivity contribution is 14.1. The first-order chi connectivity index (χ1) is 13.4. The Kier molecular flexibility index (Phi) is 7.06. The van der Waals surface area contributed by atoms with Gasteiger partial charge < -0.3 is 4.74 Å². The van der Waals surface area contributed by atoms with Gasteiger partial charge in [0.1, 0.15) is 12.4 Å². The normalized spacial score (nSPS) is 15.2. The summed E-state index contributed by atoms with van der Waals surface area (Å²) < 4.78 is 7.89. The van der Waals surface area contributed by atoms with Crippen molar-refractivity contribution in [1.82, 2.24) is 4.90 Å². The molecule has 0 bridgehead atoms. The Morgan fingerprint density at radius 1 is 1.18 bits per heavy atom. The fourth-order valence-corrected chi connectivity index (χ4v) is 5.49. The molecule has 0 atom stereocenters.